The van der Waals surface area contributed by atoms with E-state index in [1.54, 1.807) is 18.2 Å². The lowest BCUT2D eigenvalue weighted by molar-refractivity contribution is -0.384. The Bertz CT molecular complexity index is 943. The van der Waals surface area contributed by atoms with E-state index in [1.165, 1.54) is 30.3 Å². The fourth-order valence-electron chi connectivity index (χ4n) is 2.31. The number of aromatic hydroxyl groups is 1. The molecule has 1 fully saturated rings. The maximum Gasteiger partial charge on any atom is 0.293 e. The van der Waals surface area contributed by atoms with Crippen LogP contribution in [-0.2, 0) is 11.3 Å². The second-order valence-electron chi connectivity index (χ2n) is 5.40. The van der Waals surface area contributed by atoms with Crippen LogP contribution >= 0.6 is 34.4 Å². The van der Waals surface area contributed by atoms with Gasteiger partial charge in [-0.3, -0.25) is 24.6 Å². The first-order valence-corrected chi connectivity index (χ1v) is 9.22. The number of hydrogen-bond donors (Lipinski definition) is 1. The maximum absolute atomic E-state index is 12.5. The van der Waals surface area contributed by atoms with Gasteiger partial charge in [0.05, 0.1) is 19.9 Å². The molecule has 0 radical (unpaired) electrons. The second kappa shape index (κ2) is 7.46. The van der Waals surface area contributed by atoms with Gasteiger partial charge in [0.1, 0.15) is 5.75 Å². The lowest BCUT2D eigenvalue weighted by Gasteiger charge is -2.12. The number of hydrogen-bond acceptors (Lipinski definition) is 6. The molecule has 1 heterocycles. The number of imide groups is 1. The van der Waals surface area contributed by atoms with Gasteiger partial charge in [-0.1, -0.05) is 18.2 Å². The number of rotatable bonds is 4. The van der Waals surface area contributed by atoms with Gasteiger partial charge in [0.25, 0.3) is 16.8 Å². The van der Waals surface area contributed by atoms with Gasteiger partial charge in [-0.15, -0.1) is 0 Å². The number of phenolic OH excluding ortho intramolecular Hbond substituents is 1. The normalized spacial score (nSPS) is 15.7. The molecule has 26 heavy (non-hydrogen) atoms. The Morgan fingerprint density at radius 1 is 1.19 bits per heavy atom. The van der Waals surface area contributed by atoms with Gasteiger partial charge in [0, 0.05) is 12.1 Å². The monoisotopic (exact) mass is 482 g/mol. The Labute approximate surface area is 166 Å². The van der Waals surface area contributed by atoms with E-state index in [0.29, 0.717) is 19.6 Å². The minimum Gasteiger partial charge on any atom is -0.507 e. The van der Waals surface area contributed by atoms with E-state index in [-0.39, 0.29) is 18.0 Å². The number of thioether (sulfide) groups is 1. The van der Waals surface area contributed by atoms with E-state index in [2.05, 4.69) is 0 Å². The molecule has 132 valence electrons. The van der Waals surface area contributed by atoms with Crippen LogP contribution in [0.5, 0.6) is 5.75 Å². The van der Waals surface area contributed by atoms with Crippen molar-refractivity contribution in [2.75, 3.05) is 0 Å². The Morgan fingerprint density at radius 2 is 1.88 bits per heavy atom. The molecule has 1 aliphatic rings. The van der Waals surface area contributed by atoms with Crippen LogP contribution in [0.15, 0.2) is 47.4 Å². The number of non-ortho nitro benzene ring substituents is 1. The molecule has 0 saturated carbocycles. The van der Waals surface area contributed by atoms with Crippen molar-refractivity contribution in [1.82, 2.24) is 4.90 Å². The fraction of sp³-hybridized carbons (Fsp3) is 0.0588. The molecule has 7 nitrogen and oxygen atoms in total. The Hall–Kier alpha value is -2.40. The quantitative estimate of drug-likeness (QED) is 0.304. The third-order valence-corrected chi connectivity index (χ3v) is 5.40. The van der Waals surface area contributed by atoms with Crippen LogP contribution in [0.3, 0.4) is 0 Å². The number of nitrogens with zero attached hydrogens (tertiary/aromatic N) is 2. The van der Waals surface area contributed by atoms with Crippen molar-refractivity contribution < 1.29 is 19.6 Å². The van der Waals surface area contributed by atoms with E-state index >= 15 is 0 Å². The number of nitro benzene ring substituents is 1. The van der Waals surface area contributed by atoms with E-state index in [0.717, 1.165) is 16.7 Å². The third kappa shape index (κ3) is 3.88. The molecule has 9 heteroatoms. The zero-order valence-corrected chi connectivity index (χ0v) is 16.1. The predicted octanol–water partition coefficient (Wildman–Crippen LogP) is 4.14. The summed E-state index contributed by atoms with van der Waals surface area (Å²) >= 11 is 2.82. The minimum atomic E-state index is -0.508. The summed E-state index contributed by atoms with van der Waals surface area (Å²) in [5.41, 5.74) is 1.27. The number of amides is 2. The number of carbonyl (C=O) groups is 2. The molecule has 2 amide bonds. The smallest absolute Gasteiger partial charge is 0.293 e. The van der Waals surface area contributed by atoms with Crippen LogP contribution in [0, 0.1) is 13.7 Å². The largest absolute Gasteiger partial charge is 0.507 e. The van der Waals surface area contributed by atoms with E-state index < -0.39 is 16.1 Å². The molecule has 0 atom stereocenters. The molecule has 0 aliphatic carbocycles. The van der Waals surface area contributed by atoms with E-state index in [4.69, 9.17) is 0 Å². The van der Waals surface area contributed by atoms with Crippen LogP contribution in [0.1, 0.15) is 11.1 Å². The van der Waals surface area contributed by atoms with Crippen molar-refractivity contribution >= 4 is 57.3 Å². The first kappa shape index (κ1) is 18.4. The highest BCUT2D eigenvalue weighted by molar-refractivity contribution is 14.1. The average Bonchev–Trinajstić information content (AvgIpc) is 2.86. The highest BCUT2D eigenvalue weighted by Crippen LogP contribution is 2.34. The van der Waals surface area contributed by atoms with Crippen LogP contribution in [0.25, 0.3) is 6.08 Å². The van der Waals surface area contributed by atoms with E-state index in [9.17, 15) is 24.8 Å². The maximum atomic E-state index is 12.5. The molecular weight excluding hydrogens is 471 g/mol. The van der Waals surface area contributed by atoms with E-state index in [1.807, 2.05) is 22.6 Å². The lowest BCUT2D eigenvalue weighted by atomic mass is 10.2. The van der Waals surface area contributed by atoms with Crippen molar-refractivity contribution in [1.29, 1.82) is 0 Å². The fourth-order valence-corrected chi connectivity index (χ4v) is 3.68. The highest BCUT2D eigenvalue weighted by Gasteiger charge is 2.35. The summed E-state index contributed by atoms with van der Waals surface area (Å²) in [7, 11) is 0. The molecule has 0 unspecified atom stereocenters. The Kier molecular flexibility index (Phi) is 5.28. The van der Waals surface area contributed by atoms with Crippen LogP contribution < -0.4 is 0 Å². The summed E-state index contributed by atoms with van der Waals surface area (Å²) in [6.07, 6.45) is 1.60. The van der Waals surface area contributed by atoms with Gasteiger partial charge >= 0.3 is 0 Å². The van der Waals surface area contributed by atoms with Gasteiger partial charge in [-0.25, -0.2) is 0 Å². The van der Waals surface area contributed by atoms with Crippen molar-refractivity contribution in [3.8, 4) is 5.75 Å². The third-order valence-electron chi connectivity index (χ3n) is 3.63. The number of halogens is 1. The van der Waals surface area contributed by atoms with Crippen molar-refractivity contribution in [3.05, 3.63) is 72.2 Å². The highest BCUT2D eigenvalue weighted by atomic mass is 127. The number of benzene rings is 2. The number of phenols is 1. The Balaban J connectivity index is 1.79. The van der Waals surface area contributed by atoms with Gasteiger partial charge in [0.2, 0.25) is 0 Å². The first-order chi connectivity index (χ1) is 12.3. The SMILES string of the molecule is O=C1S/C(=C\c2ccc(O)c(I)c2)C(=O)N1Cc1ccc([N+](=O)[O-])cc1. The summed E-state index contributed by atoms with van der Waals surface area (Å²) in [5, 5.41) is 19.8. The summed E-state index contributed by atoms with van der Waals surface area (Å²) in [6, 6.07) is 10.6. The topological polar surface area (TPSA) is 101 Å². The second-order valence-corrected chi connectivity index (χ2v) is 7.56. The molecule has 2 aromatic rings. The molecule has 1 N–H and O–H groups in total. The minimum absolute atomic E-state index is 0.0487. The number of carbonyl (C=O) groups excluding carboxylic acids is 2. The van der Waals surface area contributed by atoms with Gasteiger partial charge in [-0.2, -0.15) is 0 Å². The lowest BCUT2D eigenvalue weighted by Crippen LogP contribution is -2.27. The molecule has 1 saturated heterocycles. The van der Waals surface area contributed by atoms with Gasteiger partial charge < -0.3 is 5.11 Å². The standard InChI is InChI=1S/C17H11IN2O5S/c18-13-7-11(3-6-14(13)21)8-15-16(22)19(17(23)26-15)9-10-1-4-12(5-2-10)20(24)25/h1-8,21H,9H2/b15-8-. The molecule has 3 rings (SSSR count). The average molecular weight is 482 g/mol. The molecule has 0 spiro atoms. The molecule has 0 bridgehead atoms. The molecular formula is C17H11IN2O5S. The van der Waals surface area contributed by atoms with Crippen molar-refractivity contribution in [2.45, 2.75) is 6.54 Å². The zero-order chi connectivity index (χ0) is 18.8. The van der Waals surface area contributed by atoms with Crippen LogP contribution in [-0.4, -0.2) is 26.1 Å². The predicted molar refractivity (Wildman–Crippen MR) is 105 cm³/mol. The Morgan fingerprint density at radius 3 is 2.50 bits per heavy atom. The van der Waals surface area contributed by atoms with Gasteiger partial charge in [0.15, 0.2) is 0 Å². The van der Waals surface area contributed by atoms with Crippen molar-refractivity contribution in [3.63, 3.8) is 0 Å². The van der Waals surface area contributed by atoms with Gasteiger partial charge in [-0.05, 0) is 63.7 Å². The van der Waals surface area contributed by atoms with Crippen LogP contribution in [0.2, 0.25) is 0 Å². The van der Waals surface area contributed by atoms with Crippen LogP contribution in [0.4, 0.5) is 10.5 Å². The molecule has 2 aromatic carbocycles. The zero-order valence-electron chi connectivity index (χ0n) is 13.1. The number of nitro groups is 1. The van der Waals surface area contributed by atoms with Crippen molar-refractivity contribution in [2.24, 2.45) is 0 Å². The first-order valence-electron chi connectivity index (χ1n) is 7.32. The molecule has 1 aliphatic heterocycles. The molecule has 0 aromatic heterocycles. The summed E-state index contributed by atoms with van der Waals surface area (Å²) < 4.78 is 0.640. The summed E-state index contributed by atoms with van der Waals surface area (Å²) in [6.45, 7) is 0.0487. The summed E-state index contributed by atoms with van der Waals surface area (Å²) in [5.74, 6) is -0.268. The summed E-state index contributed by atoms with van der Waals surface area (Å²) in [4.78, 5) is 36.2.